The monoisotopic (exact) mass is 315 g/mol. The Morgan fingerprint density at radius 2 is 2.05 bits per heavy atom. The minimum atomic E-state index is 0.142. The fourth-order valence-electron chi connectivity index (χ4n) is 1.86. The van der Waals surface area contributed by atoms with Gasteiger partial charge in [0, 0.05) is 21.9 Å². The van der Waals surface area contributed by atoms with Crippen LogP contribution in [0, 0.1) is 11.3 Å². The molecule has 96 valence electrons. The van der Waals surface area contributed by atoms with Crippen LogP contribution < -0.4 is 11.1 Å². The Morgan fingerprint density at radius 3 is 2.68 bits per heavy atom. The molecule has 2 rings (SSSR count). The van der Waals surface area contributed by atoms with Crippen molar-refractivity contribution in [2.24, 2.45) is 0 Å². The number of nitrogens with zero attached hydrogens (tertiary/aromatic N) is 1. The van der Waals surface area contributed by atoms with Crippen molar-refractivity contribution >= 4 is 27.3 Å². The van der Waals surface area contributed by atoms with Crippen molar-refractivity contribution in [2.45, 2.75) is 13.0 Å². The van der Waals surface area contributed by atoms with E-state index in [2.05, 4.69) is 34.2 Å². The van der Waals surface area contributed by atoms with Crippen molar-refractivity contribution < 1.29 is 0 Å². The minimum absolute atomic E-state index is 0.142. The van der Waals surface area contributed by atoms with Crippen LogP contribution in [0.5, 0.6) is 0 Å². The number of halogens is 1. The van der Waals surface area contributed by atoms with Gasteiger partial charge in [-0.25, -0.2) is 0 Å². The van der Waals surface area contributed by atoms with Crippen LogP contribution in [0.15, 0.2) is 46.9 Å². The van der Waals surface area contributed by atoms with Gasteiger partial charge in [0.05, 0.1) is 5.56 Å². The fraction of sp³-hybridized carbons (Fsp3) is 0.133. The number of rotatable bonds is 3. The zero-order chi connectivity index (χ0) is 13.8. The first kappa shape index (κ1) is 13.4. The number of benzene rings is 2. The van der Waals surface area contributed by atoms with E-state index in [1.54, 1.807) is 6.07 Å². The summed E-state index contributed by atoms with van der Waals surface area (Å²) in [5.41, 5.74) is 9.25. The van der Waals surface area contributed by atoms with Crippen LogP contribution in [-0.4, -0.2) is 0 Å². The summed E-state index contributed by atoms with van der Waals surface area (Å²) in [5.74, 6) is 0. The van der Waals surface area contributed by atoms with E-state index in [1.165, 1.54) is 0 Å². The van der Waals surface area contributed by atoms with Gasteiger partial charge in [0.1, 0.15) is 6.07 Å². The zero-order valence-corrected chi connectivity index (χ0v) is 12.1. The molecule has 0 aliphatic rings. The Bertz CT molecular complexity index is 632. The highest BCUT2D eigenvalue weighted by Crippen LogP contribution is 2.25. The van der Waals surface area contributed by atoms with Crippen molar-refractivity contribution in [3.05, 3.63) is 58.1 Å². The summed E-state index contributed by atoms with van der Waals surface area (Å²) in [6, 6.07) is 15.7. The average molecular weight is 316 g/mol. The van der Waals surface area contributed by atoms with Crippen molar-refractivity contribution in [2.75, 3.05) is 11.1 Å². The second kappa shape index (κ2) is 5.77. The number of nitriles is 1. The topological polar surface area (TPSA) is 61.8 Å². The van der Waals surface area contributed by atoms with Gasteiger partial charge in [-0.1, -0.05) is 12.1 Å². The van der Waals surface area contributed by atoms with E-state index < -0.39 is 0 Å². The highest BCUT2D eigenvalue weighted by atomic mass is 79.9. The molecule has 0 saturated carbocycles. The summed E-state index contributed by atoms with van der Waals surface area (Å²) >= 11 is 3.38. The molecule has 1 atom stereocenters. The summed E-state index contributed by atoms with van der Waals surface area (Å²) in [6.07, 6.45) is 0. The third-order valence-electron chi connectivity index (χ3n) is 2.88. The predicted molar refractivity (Wildman–Crippen MR) is 81.7 cm³/mol. The lowest BCUT2D eigenvalue weighted by Crippen LogP contribution is -2.07. The molecule has 2 aromatic rings. The smallest absolute Gasteiger partial charge is 0.100 e. The Balaban J connectivity index is 2.17. The molecule has 19 heavy (non-hydrogen) atoms. The first-order valence-electron chi connectivity index (χ1n) is 5.92. The molecule has 0 spiro atoms. The van der Waals surface area contributed by atoms with Crippen molar-refractivity contribution in [3.63, 3.8) is 0 Å². The summed E-state index contributed by atoms with van der Waals surface area (Å²) in [4.78, 5) is 0. The molecular weight excluding hydrogens is 302 g/mol. The lowest BCUT2D eigenvalue weighted by Gasteiger charge is -2.16. The molecule has 0 fully saturated rings. The zero-order valence-electron chi connectivity index (χ0n) is 10.5. The molecule has 0 aliphatic carbocycles. The normalized spacial score (nSPS) is 11.6. The highest BCUT2D eigenvalue weighted by molar-refractivity contribution is 9.10. The Hall–Kier alpha value is -1.99. The van der Waals surface area contributed by atoms with E-state index in [4.69, 9.17) is 11.0 Å². The molecule has 3 nitrogen and oxygen atoms in total. The van der Waals surface area contributed by atoms with E-state index in [0.29, 0.717) is 5.56 Å². The van der Waals surface area contributed by atoms with Gasteiger partial charge in [-0.2, -0.15) is 5.26 Å². The largest absolute Gasteiger partial charge is 0.399 e. The second-order valence-corrected chi connectivity index (χ2v) is 5.20. The third kappa shape index (κ3) is 3.27. The fourth-order valence-corrected chi connectivity index (χ4v) is 2.32. The number of nitrogens with two attached hydrogens (primary N) is 1. The van der Waals surface area contributed by atoms with Gasteiger partial charge in [-0.3, -0.25) is 0 Å². The first-order chi connectivity index (χ1) is 9.10. The Labute approximate surface area is 121 Å². The van der Waals surface area contributed by atoms with Gasteiger partial charge in [-0.15, -0.1) is 0 Å². The lowest BCUT2D eigenvalue weighted by molar-refractivity contribution is 0.885. The van der Waals surface area contributed by atoms with Gasteiger partial charge >= 0.3 is 0 Å². The number of anilines is 2. The number of hydrogen-bond acceptors (Lipinski definition) is 3. The third-order valence-corrected chi connectivity index (χ3v) is 3.54. The molecule has 0 aliphatic heterocycles. The second-order valence-electron chi connectivity index (χ2n) is 4.34. The molecule has 0 saturated heterocycles. The lowest BCUT2D eigenvalue weighted by atomic mass is 10.1. The summed E-state index contributed by atoms with van der Waals surface area (Å²) in [7, 11) is 0. The van der Waals surface area contributed by atoms with Crippen LogP contribution in [-0.2, 0) is 0 Å². The molecule has 3 N–H and O–H groups in total. The van der Waals surface area contributed by atoms with E-state index in [1.807, 2.05) is 36.4 Å². The quantitative estimate of drug-likeness (QED) is 0.839. The van der Waals surface area contributed by atoms with E-state index in [-0.39, 0.29) is 6.04 Å². The highest BCUT2D eigenvalue weighted by Gasteiger charge is 2.07. The molecule has 1 unspecified atom stereocenters. The van der Waals surface area contributed by atoms with Crippen LogP contribution in [0.25, 0.3) is 0 Å². The van der Waals surface area contributed by atoms with Crippen molar-refractivity contribution in [1.29, 1.82) is 5.26 Å². The predicted octanol–water partition coefficient (Wildman–Crippen LogP) is 4.08. The molecular formula is C15H14BrN3. The molecule has 4 heteroatoms. The van der Waals surface area contributed by atoms with E-state index in [9.17, 15) is 0 Å². The maximum Gasteiger partial charge on any atom is 0.100 e. The van der Waals surface area contributed by atoms with Gasteiger partial charge < -0.3 is 11.1 Å². The summed E-state index contributed by atoms with van der Waals surface area (Å²) < 4.78 is 0.791. The van der Waals surface area contributed by atoms with Crippen LogP contribution in [0.1, 0.15) is 24.1 Å². The molecule has 0 bridgehead atoms. The van der Waals surface area contributed by atoms with Crippen molar-refractivity contribution in [3.8, 4) is 6.07 Å². The Kier molecular flexibility index (Phi) is 4.08. The maximum atomic E-state index is 8.89. The number of hydrogen-bond donors (Lipinski definition) is 2. The number of nitrogen functional groups attached to an aromatic ring is 1. The van der Waals surface area contributed by atoms with Gasteiger partial charge in [0.2, 0.25) is 0 Å². The SMILES string of the molecule is CC(Nc1ccc(C#N)c(Br)c1)c1cccc(N)c1. The molecule has 0 aromatic heterocycles. The summed E-state index contributed by atoms with van der Waals surface area (Å²) in [6.45, 7) is 2.07. The first-order valence-corrected chi connectivity index (χ1v) is 6.71. The molecule has 0 radical (unpaired) electrons. The van der Waals surface area contributed by atoms with Crippen LogP contribution in [0.2, 0.25) is 0 Å². The molecule has 0 heterocycles. The van der Waals surface area contributed by atoms with Crippen LogP contribution in [0.4, 0.5) is 11.4 Å². The maximum absolute atomic E-state index is 8.89. The van der Waals surface area contributed by atoms with Gasteiger partial charge in [0.25, 0.3) is 0 Å². The number of nitrogens with one attached hydrogen (secondary N) is 1. The standard InChI is InChI=1S/C15H14BrN3/c1-10(11-3-2-4-13(18)7-11)19-14-6-5-12(9-17)15(16)8-14/h2-8,10,19H,18H2,1H3. The molecule has 2 aromatic carbocycles. The van der Waals surface area contributed by atoms with Crippen LogP contribution >= 0.6 is 15.9 Å². The minimum Gasteiger partial charge on any atom is -0.399 e. The Morgan fingerprint density at radius 1 is 1.26 bits per heavy atom. The van der Waals surface area contributed by atoms with E-state index in [0.717, 1.165) is 21.4 Å². The summed E-state index contributed by atoms with van der Waals surface area (Å²) in [5, 5.41) is 12.3. The average Bonchev–Trinajstić information content (AvgIpc) is 2.39. The van der Waals surface area contributed by atoms with Gasteiger partial charge in [-0.05, 0) is 58.7 Å². The van der Waals surface area contributed by atoms with Crippen molar-refractivity contribution in [1.82, 2.24) is 0 Å². The van der Waals surface area contributed by atoms with E-state index >= 15 is 0 Å². The van der Waals surface area contributed by atoms with Crippen LogP contribution in [0.3, 0.4) is 0 Å². The van der Waals surface area contributed by atoms with Gasteiger partial charge in [0.15, 0.2) is 0 Å². The molecule has 0 amide bonds.